The lowest BCUT2D eigenvalue weighted by molar-refractivity contribution is 0.0952. The monoisotopic (exact) mass is 537 g/mol. The Morgan fingerprint density at radius 3 is 2.30 bits per heavy atom. The Bertz CT molecular complexity index is 859. The van der Waals surface area contributed by atoms with Gasteiger partial charge in [0.15, 0.2) is 0 Å². The number of amides is 1. The van der Waals surface area contributed by atoms with Crippen LogP contribution in [0.1, 0.15) is 81.5 Å². The molecule has 4 nitrogen and oxygen atoms in total. The number of aliphatic hydroxyl groups excluding tert-OH is 1. The summed E-state index contributed by atoms with van der Waals surface area (Å²) < 4.78 is 6.41. The number of hydrogen-bond donors (Lipinski definition) is 2. The molecule has 0 unspecified atom stereocenters. The van der Waals surface area contributed by atoms with Crippen molar-refractivity contribution in [2.45, 2.75) is 71.1 Å². The van der Waals surface area contributed by atoms with Crippen molar-refractivity contribution in [3.63, 3.8) is 0 Å². The van der Waals surface area contributed by atoms with Crippen molar-refractivity contribution >= 4 is 33.4 Å². The smallest absolute Gasteiger partial charge is 0.251 e. The number of ether oxygens (including phenoxy) is 1. The number of unbranched alkanes of at least 4 members (excludes halogenated alkanes) is 9. The van der Waals surface area contributed by atoms with Gasteiger partial charge in [0.25, 0.3) is 5.91 Å². The third-order valence-electron chi connectivity index (χ3n) is 5.59. The number of hydrogen-bond acceptors (Lipinski definition) is 3. The molecule has 0 atom stereocenters. The second-order valence-corrected chi connectivity index (χ2v) is 9.65. The van der Waals surface area contributed by atoms with E-state index in [2.05, 4.69) is 28.2 Å². The SMILES string of the molecule is CCCCCCCCCCCCNC(=O)c1cc(Br)c(OCCO)c(-c2cccc(Cl)c2)c1. The highest BCUT2D eigenvalue weighted by Crippen LogP contribution is 2.38. The van der Waals surface area contributed by atoms with Crippen LogP contribution in [0, 0.1) is 0 Å². The summed E-state index contributed by atoms with van der Waals surface area (Å²) >= 11 is 9.71. The number of carbonyl (C=O) groups is 1. The van der Waals surface area contributed by atoms with E-state index < -0.39 is 0 Å². The van der Waals surface area contributed by atoms with E-state index in [1.807, 2.05) is 24.3 Å². The number of benzene rings is 2. The average molecular weight is 539 g/mol. The molecule has 33 heavy (non-hydrogen) atoms. The molecule has 0 spiro atoms. The second kappa shape index (κ2) is 16.1. The first-order chi connectivity index (χ1) is 16.1. The van der Waals surface area contributed by atoms with E-state index in [-0.39, 0.29) is 19.1 Å². The summed E-state index contributed by atoms with van der Waals surface area (Å²) in [6.07, 6.45) is 12.7. The van der Waals surface area contributed by atoms with Gasteiger partial charge in [-0.1, -0.05) is 88.4 Å². The van der Waals surface area contributed by atoms with E-state index in [1.54, 1.807) is 12.1 Å². The molecule has 1 amide bonds. The lowest BCUT2D eigenvalue weighted by atomic mass is 10.0. The van der Waals surface area contributed by atoms with Gasteiger partial charge in [0, 0.05) is 22.7 Å². The Morgan fingerprint density at radius 2 is 1.67 bits per heavy atom. The van der Waals surface area contributed by atoms with Gasteiger partial charge in [-0.25, -0.2) is 0 Å². The summed E-state index contributed by atoms with van der Waals surface area (Å²) in [7, 11) is 0. The minimum absolute atomic E-state index is 0.0947. The minimum Gasteiger partial charge on any atom is -0.489 e. The summed E-state index contributed by atoms with van der Waals surface area (Å²) in [6, 6.07) is 11.0. The highest BCUT2D eigenvalue weighted by molar-refractivity contribution is 9.10. The van der Waals surface area contributed by atoms with Crippen LogP contribution in [0.4, 0.5) is 0 Å². The molecule has 0 aliphatic carbocycles. The van der Waals surface area contributed by atoms with Crippen LogP contribution in [0.5, 0.6) is 5.75 Å². The predicted molar refractivity (Wildman–Crippen MR) is 141 cm³/mol. The van der Waals surface area contributed by atoms with Crippen molar-refractivity contribution in [2.24, 2.45) is 0 Å². The normalized spacial score (nSPS) is 10.9. The molecule has 2 aromatic carbocycles. The van der Waals surface area contributed by atoms with E-state index in [9.17, 15) is 9.90 Å². The van der Waals surface area contributed by atoms with Crippen LogP contribution in [-0.2, 0) is 0 Å². The van der Waals surface area contributed by atoms with Crippen molar-refractivity contribution < 1.29 is 14.6 Å². The van der Waals surface area contributed by atoms with Gasteiger partial charge in [-0.05, 0) is 52.2 Å². The van der Waals surface area contributed by atoms with Gasteiger partial charge in [-0.3, -0.25) is 4.79 Å². The standard InChI is InChI=1S/C27H37BrClNO3/c1-2-3-4-5-6-7-8-9-10-11-15-30-27(32)22-19-24(21-13-12-14-23(29)18-21)26(25(28)20-22)33-17-16-31/h12-14,18-20,31H,2-11,15-17H2,1H3,(H,30,32). The van der Waals surface area contributed by atoms with Gasteiger partial charge < -0.3 is 15.2 Å². The van der Waals surface area contributed by atoms with Crippen LogP contribution < -0.4 is 10.1 Å². The molecule has 182 valence electrons. The molecular formula is C27H37BrClNO3. The molecule has 2 rings (SSSR count). The Labute approximate surface area is 212 Å². The number of nitrogens with one attached hydrogen (secondary N) is 1. The molecule has 2 N–H and O–H groups in total. The zero-order chi connectivity index (χ0) is 23.9. The fourth-order valence-corrected chi connectivity index (χ4v) is 4.57. The fraction of sp³-hybridized carbons (Fsp3) is 0.519. The maximum absolute atomic E-state index is 12.8. The molecule has 2 aromatic rings. The summed E-state index contributed by atoms with van der Waals surface area (Å²) in [5, 5.41) is 12.8. The summed E-state index contributed by atoms with van der Waals surface area (Å²) in [5.74, 6) is 0.473. The molecule has 0 heterocycles. The molecule has 0 aliphatic heterocycles. The molecular weight excluding hydrogens is 502 g/mol. The second-order valence-electron chi connectivity index (χ2n) is 8.36. The third kappa shape index (κ3) is 10.1. The maximum Gasteiger partial charge on any atom is 0.251 e. The van der Waals surface area contributed by atoms with E-state index in [0.717, 1.165) is 24.0 Å². The maximum atomic E-state index is 12.8. The zero-order valence-corrected chi connectivity index (χ0v) is 22.0. The molecule has 0 aromatic heterocycles. The van der Waals surface area contributed by atoms with Gasteiger partial charge in [0.05, 0.1) is 11.1 Å². The highest BCUT2D eigenvalue weighted by atomic mass is 79.9. The van der Waals surface area contributed by atoms with Crippen molar-refractivity contribution in [2.75, 3.05) is 19.8 Å². The Morgan fingerprint density at radius 1 is 1.00 bits per heavy atom. The van der Waals surface area contributed by atoms with Gasteiger partial charge in [0.2, 0.25) is 0 Å². The first-order valence-corrected chi connectivity index (χ1v) is 13.3. The Balaban J connectivity index is 1.88. The molecule has 0 saturated heterocycles. The van der Waals surface area contributed by atoms with Gasteiger partial charge in [-0.2, -0.15) is 0 Å². The summed E-state index contributed by atoms with van der Waals surface area (Å²) in [6.45, 7) is 2.99. The fourth-order valence-electron chi connectivity index (χ4n) is 3.81. The summed E-state index contributed by atoms with van der Waals surface area (Å²) in [5.41, 5.74) is 2.16. The summed E-state index contributed by atoms with van der Waals surface area (Å²) in [4.78, 5) is 12.8. The number of rotatable bonds is 16. The molecule has 6 heteroatoms. The van der Waals surface area contributed by atoms with Gasteiger partial charge in [0.1, 0.15) is 12.4 Å². The van der Waals surface area contributed by atoms with Crippen molar-refractivity contribution in [3.05, 3.63) is 51.5 Å². The molecule has 0 saturated carbocycles. The van der Waals surface area contributed by atoms with E-state index in [4.69, 9.17) is 16.3 Å². The lowest BCUT2D eigenvalue weighted by Crippen LogP contribution is -2.24. The van der Waals surface area contributed by atoms with Crippen LogP contribution >= 0.6 is 27.5 Å². The van der Waals surface area contributed by atoms with Crippen molar-refractivity contribution in [3.8, 4) is 16.9 Å². The van der Waals surface area contributed by atoms with Crippen molar-refractivity contribution in [1.82, 2.24) is 5.32 Å². The third-order valence-corrected chi connectivity index (χ3v) is 6.42. The first-order valence-electron chi connectivity index (χ1n) is 12.2. The largest absolute Gasteiger partial charge is 0.489 e. The topological polar surface area (TPSA) is 58.6 Å². The Hall–Kier alpha value is -1.56. The van der Waals surface area contributed by atoms with Crippen molar-refractivity contribution in [1.29, 1.82) is 0 Å². The average Bonchev–Trinajstić information content (AvgIpc) is 2.81. The Kier molecular flexibility index (Phi) is 13.5. The molecule has 0 fully saturated rings. The van der Waals surface area contributed by atoms with Gasteiger partial charge >= 0.3 is 0 Å². The lowest BCUT2D eigenvalue weighted by Gasteiger charge is -2.15. The van der Waals surface area contributed by atoms with Crippen LogP contribution in [0.2, 0.25) is 5.02 Å². The number of aliphatic hydroxyl groups is 1. The van der Waals surface area contributed by atoms with Crippen LogP contribution in [0.3, 0.4) is 0 Å². The first kappa shape index (κ1) is 27.7. The predicted octanol–water partition coefficient (Wildman–Crippen LogP) is 7.79. The van der Waals surface area contributed by atoms with E-state index >= 15 is 0 Å². The number of halogens is 2. The minimum atomic E-state index is -0.108. The highest BCUT2D eigenvalue weighted by Gasteiger charge is 2.16. The van der Waals surface area contributed by atoms with E-state index in [1.165, 1.54) is 51.4 Å². The zero-order valence-electron chi connectivity index (χ0n) is 19.7. The molecule has 0 aliphatic rings. The van der Waals surface area contributed by atoms with E-state index in [0.29, 0.717) is 27.4 Å². The number of carbonyl (C=O) groups excluding carboxylic acids is 1. The van der Waals surface area contributed by atoms with Crippen LogP contribution in [-0.4, -0.2) is 30.8 Å². The molecule has 0 bridgehead atoms. The van der Waals surface area contributed by atoms with Crippen LogP contribution in [0.15, 0.2) is 40.9 Å². The van der Waals surface area contributed by atoms with Crippen LogP contribution in [0.25, 0.3) is 11.1 Å². The van der Waals surface area contributed by atoms with Gasteiger partial charge in [-0.15, -0.1) is 0 Å². The molecule has 0 radical (unpaired) electrons. The quantitative estimate of drug-likeness (QED) is 0.214.